The Morgan fingerprint density at radius 1 is 1.29 bits per heavy atom. The number of likely N-dealkylation sites (N-methyl/N-ethyl adjacent to an activating group) is 1. The van der Waals surface area contributed by atoms with Gasteiger partial charge in [-0.2, -0.15) is 5.10 Å². The maximum atomic E-state index is 13.9. The van der Waals surface area contributed by atoms with Crippen LogP contribution in [0.2, 0.25) is 0 Å². The Morgan fingerprint density at radius 3 is 2.71 bits per heavy atom. The first-order chi connectivity index (χ1) is 10.1. The van der Waals surface area contributed by atoms with E-state index in [1.807, 2.05) is 27.1 Å². The molecule has 0 fully saturated rings. The molecule has 3 nitrogen and oxygen atoms in total. The van der Waals surface area contributed by atoms with E-state index in [0.717, 1.165) is 30.3 Å². The number of aryl methyl sites for hydroxylation is 2. The van der Waals surface area contributed by atoms with Crippen molar-refractivity contribution in [2.24, 2.45) is 7.05 Å². The molecule has 21 heavy (non-hydrogen) atoms. The Bertz CT molecular complexity index is 608. The number of rotatable bonds is 6. The van der Waals surface area contributed by atoms with Gasteiger partial charge in [-0.1, -0.05) is 26.0 Å². The normalized spacial score (nSPS) is 12.6. The van der Waals surface area contributed by atoms with Crippen LogP contribution in [-0.2, 0) is 19.9 Å². The van der Waals surface area contributed by atoms with Crippen molar-refractivity contribution in [1.82, 2.24) is 15.1 Å². The maximum absolute atomic E-state index is 13.9. The monoisotopic (exact) mass is 293 g/mol. The molecule has 0 radical (unpaired) electrons. The summed E-state index contributed by atoms with van der Waals surface area (Å²) in [6.45, 7) is 4.79. The molecule has 1 aromatic heterocycles. The molecule has 1 heterocycles. The summed E-state index contributed by atoms with van der Waals surface area (Å²) in [6, 6.07) is 4.24. The van der Waals surface area contributed by atoms with Crippen LogP contribution in [0.25, 0.3) is 0 Å². The van der Waals surface area contributed by atoms with Gasteiger partial charge < -0.3 is 5.32 Å². The minimum absolute atomic E-state index is 0.0741. The second-order valence-corrected chi connectivity index (χ2v) is 5.09. The Morgan fingerprint density at radius 2 is 2.05 bits per heavy atom. The van der Waals surface area contributed by atoms with Gasteiger partial charge in [-0.05, 0) is 31.0 Å². The van der Waals surface area contributed by atoms with Crippen molar-refractivity contribution in [3.05, 3.63) is 52.9 Å². The lowest BCUT2D eigenvalue weighted by atomic mass is 9.98. The number of aromatic nitrogens is 2. The van der Waals surface area contributed by atoms with Crippen molar-refractivity contribution in [1.29, 1.82) is 0 Å². The summed E-state index contributed by atoms with van der Waals surface area (Å²) in [4.78, 5) is 0. The summed E-state index contributed by atoms with van der Waals surface area (Å²) >= 11 is 0. The quantitative estimate of drug-likeness (QED) is 0.886. The molecule has 0 saturated heterocycles. The Balaban J connectivity index is 2.32. The Hall–Kier alpha value is -1.75. The van der Waals surface area contributed by atoms with E-state index in [4.69, 9.17) is 0 Å². The van der Waals surface area contributed by atoms with Crippen LogP contribution in [0.5, 0.6) is 0 Å². The zero-order chi connectivity index (χ0) is 15.4. The molecule has 0 spiro atoms. The number of hydrogen-bond donors (Lipinski definition) is 1. The first-order valence-electron chi connectivity index (χ1n) is 7.25. The molecule has 2 rings (SSSR count). The molecule has 0 saturated carbocycles. The average molecular weight is 293 g/mol. The van der Waals surface area contributed by atoms with E-state index < -0.39 is 11.6 Å². The van der Waals surface area contributed by atoms with Crippen LogP contribution in [0.4, 0.5) is 8.78 Å². The fourth-order valence-corrected chi connectivity index (χ4v) is 2.58. The van der Waals surface area contributed by atoms with Gasteiger partial charge in [0.25, 0.3) is 0 Å². The van der Waals surface area contributed by atoms with Crippen LogP contribution in [0.15, 0.2) is 24.4 Å². The van der Waals surface area contributed by atoms with Gasteiger partial charge in [0.2, 0.25) is 0 Å². The van der Waals surface area contributed by atoms with Crippen LogP contribution in [0, 0.1) is 11.6 Å². The number of benzene rings is 1. The summed E-state index contributed by atoms with van der Waals surface area (Å²) in [7, 11) is 1.87. The number of nitrogens with zero attached hydrogens (tertiary/aromatic N) is 2. The van der Waals surface area contributed by atoms with Crippen LogP contribution in [0.3, 0.4) is 0 Å². The second-order valence-electron chi connectivity index (χ2n) is 5.09. The topological polar surface area (TPSA) is 29.9 Å². The number of nitrogens with one attached hydrogen (secondary N) is 1. The molecule has 5 heteroatoms. The highest BCUT2D eigenvalue weighted by Crippen LogP contribution is 2.24. The van der Waals surface area contributed by atoms with Crippen molar-refractivity contribution in [2.75, 3.05) is 6.54 Å². The van der Waals surface area contributed by atoms with E-state index in [2.05, 4.69) is 10.4 Å². The SMILES string of the molecule is CCNC(Cc1cccc(F)c1F)c1cn(C)nc1CC. The molecule has 0 bridgehead atoms. The third kappa shape index (κ3) is 3.47. The van der Waals surface area contributed by atoms with E-state index in [1.54, 1.807) is 16.8 Å². The number of hydrogen-bond acceptors (Lipinski definition) is 2. The summed E-state index contributed by atoms with van der Waals surface area (Å²) in [5.41, 5.74) is 2.41. The van der Waals surface area contributed by atoms with E-state index in [1.165, 1.54) is 0 Å². The molecule has 0 aliphatic heterocycles. The van der Waals surface area contributed by atoms with Crippen LogP contribution in [0.1, 0.15) is 36.7 Å². The average Bonchev–Trinajstić information content (AvgIpc) is 2.84. The summed E-state index contributed by atoms with van der Waals surface area (Å²) < 4.78 is 29.0. The molecule has 114 valence electrons. The molecule has 0 aliphatic rings. The molecule has 1 aromatic carbocycles. The van der Waals surface area contributed by atoms with Crippen LogP contribution < -0.4 is 5.32 Å². The Kier molecular flexibility index (Phi) is 5.07. The second kappa shape index (κ2) is 6.80. The van der Waals surface area contributed by atoms with Gasteiger partial charge in [0.05, 0.1) is 5.69 Å². The van der Waals surface area contributed by atoms with Crippen LogP contribution >= 0.6 is 0 Å². The first-order valence-corrected chi connectivity index (χ1v) is 7.25. The van der Waals surface area contributed by atoms with Crippen LogP contribution in [-0.4, -0.2) is 16.3 Å². The van der Waals surface area contributed by atoms with Crippen molar-refractivity contribution in [2.45, 2.75) is 32.7 Å². The van der Waals surface area contributed by atoms with Crippen molar-refractivity contribution in [3.8, 4) is 0 Å². The third-order valence-corrected chi connectivity index (χ3v) is 3.55. The van der Waals surface area contributed by atoms with Gasteiger partial charge in [-0.15, -0.1) is 0 Å². The molecule has 1 unspecified atom stereocenters. The molecular weight excluding hydrogens is 272 g/mol. The van der Waals surface area contributed by atoms with Crippen molar-refractivity contribution in [3.63, 3.8) is 0 Å². The molecule has 0 aliphatic carbocycles. The van der Waals surface area contributed by atoms with Gasteiger partial charge in [0, 0.05) is 24.8 Å². The fraction of sp³-hybridized carbons (Fsp3) is 0.438. The molecule has 1 atom stereocenters. The third-order valence-electron chi connectivity index (χ3n) is 3.55. The standard InChI is InChI=1S/C16H21F2N3/c1-4-14-12(10-21(3)20-14)15(19-5-2)9-11-7-6-8-13(17)16(11)18/h6-8,10,15,19H,4-5,9H2,1-3H3. The van der Waals surface area contributed by atoms with Crippen molar-refractivity contribution < 1.29 is 8.78 Å². The maximum Gasteiger partial charge on any atom is 0.162 e. The zero-order valence-corrected chi connectivity index (χ0v) is 12.7. The summed E-state index contributed by atoms with van der Waals surface area (Å²) in [6.07, 6.45) is 3.16. The lowest BCUT2D eigenvalue weighted by Gasteiger charge is -2.18. The summed E-state index contributed by atoms with van der Waals surface area (Å²) in [5.74, 6) is -1.56. The van der Waals surface area contributed by atoms with Gasteiger partial charge in [0.15, 0.2) is 11.6 Å². The van der Waals surface area contributed by atoms with Gasteiger partial charge in [-0.3, -0.25) is 4.68 Å². The van der Waals surface area contributed by atoms with Gasteiger partial charge in [-0.25, -0.2) is 8.78 Å². The predicted octanol–water partition coefficient (Wildman–Crippen LogP) is 3.15. The highest BCUT2D eigenvalue weighted by atomic mass is 19.2. The largest absolute Gasteiger partial charge is 0.310 e. The lowest BCUT2D eigenvalue weighted by molar-refractivity contribution is 0.480. The molecular formula is C16H21F2N3. The lowest BCUT2D eigenvalue weighted by Crippen LogP contribution is -2.24. The van der Waals surface area contributed by atoms with E-state index in [-0.39, 0.29) is 6.04 Å². The molecule has 1 N–H and O–H groups in total. The summed E-state index contributed by atoms with van der Waals surface area (Å²) in [5, 5.41) is 7.76. The van der Waals surface area contributed by atoms with Gasteiger partial charge >= 0.3 is 0 Å². The molecule has 0 amide bonds. The fourth-order valence-electron chi connectivity index (χ4n) is 2.58. The highest BCUT2D eigenvalue weighted by molar-refractivity contribution is 5.27. The Labute approximate surface area is 124 Å². The number of halogens is 2. The minimum atomic E-state index is -0.801. The van der Waals surface area contributed by atoms with Gasteiger partial charge in [0.1, 0.15) is 0 Å². The first kappa shape index (κ1) is 15.6. The van der Waals surface area contributed by atoms with E-state index in [0.29, 0.717) is 12.0 Å². The predicted molar refractivity (Wildman–Crippen MR) is 79.1 cm³/mol. The minimum Gasteiger partial charge on any atom is -0.310 e. The van der Waals surface area contributed by atoms with Crippen molar-refractivity contribution >= 4 is 0 Å². The van der Waals surface area contributed by atoms with E-state index in [9.17, 15) is 8.78 Å². The smallest absolute Gasteiger partial charge is 0.162 e. The van der Waals surface area contributed by atoms with E-state index >= 15 is 0 Å². The zero-order valence-electron chi connectivity index (χ0n) is 12.7. The molecule has 2 aromatic rings. The highest BCUT2D eigenvalue weighted by Gasteiger charge is 2.20.